The minimum absolute atomic E-state index is 0.463. The predicted molar refractivity (Wildman–Crippen MR) is 69.9 cm³/mol. The lowest BCUT2D eigenvalue weighted by Gasteiger charge is -2.31. The van der Waals surface area contributed by atoms with Gasteiger partial charge in [-0.2, -0.15) is 0 Å². The molecule has 1 aromatic heterocycles. The fourth-order valence-electron chi connectivity index (χ4n) is 2.48. The summed E-state index contributed by atoms with van der Waals surface area (Å²) in [6, 6.07) is 0.463. The summed E-state index contributed by atoms with van der Waals surface area (Å²) in [5.74, 6) is 1.46. The van der Waals surface area contributed by atoms with E-state index in [1.54, 1.807) is 0 Å². The van der Waals surface area contributed by atoms with Gasteiger partial charge in [0.1, 0.15) is 5.82 Å². The quantitative estimate of drug-likeness (QED) is 0.840. The van der Waals surface area contributed by atoms with E-state index in [1.165, 1.54) is 25.7 Å². The highest BCUT2D eigenvalue weighted by Gasteiger charge is 2.24. The Balaban J connectivity index is 2.05. The number of rotatable bonds is 3. The fraction of sp³-hybridized carbons (Fsp3) is 0.692. The molecular weight excluding hydrogens is 212 g/mol. The Morgan fingerprint density at radius 3 is 2.76 bits per heavy atom. The summed E-state index contributed by atoms with van der Waals surface area (Å²) in [5.41, 5.74) is 7.82. The molecular formula is C13H22N4. The molecule has 1 heterocycles. The van der Waals surface area contributed by atoms with Gasteiger partial charge < -0.3 is 11.1 Å². The summed E-state index contributed by atoms with van der Waals surface area (Å²) in [4.78, 5) is 8.86. The van der Waals surface area contributed by atoms with Gasteiger partial charge >= 0.3 is 0 Å². The standard InChI is InChI=1S/C13H22N4/c1-9-10(2)16-13(8-15-9)17-12-6-4-3-5-11(12)7-14/h8,11-12H,3-7,14H2,1-2H3,(H,16,17). The number of anilines is 1. The van der Waals surface area contributed by atoms with Gasteiger partial charge in [-0.15, -0.1) is 0 Å². The van der Waals surface area contributed by atoms with Crippen molar-refractivity contribution in [1.82, 2.24) is 9.97 Å². The molecule has 4 nitrogen and oxygen atoms in total. The van der Waals surface area contributed by atoms with Crippen LogP contribution < -0.4 is 11.1 Å². The molecule has 1 aromatic rings. The number of nitrogens with one attached hydrogen (secondary N) is 1. The zero-order valence-electron chi connectivity index (χ0n) is 10.7. The Kier molecular flexibility index (Phi) is 3.94. The predicted octanol–water partition coefficient (Wildman–Crippen LogP) is 2.02. The van der Waals surface area contributed by atoms with E-state index >= 15 is 0 Å². The van der Waals surface area contributed by atoms with Crippen LogP contribution in [0.1, 0.15) is 37.1 Å². The van der Waals surface area contributed by atoms with E-state index in [0.717, 1.165) is 23.8 Å². The van der Waals surface area contributed by atoms with Gasteiger partial charge in [0, 0.05) is 6.04 Å². The summed E-state index contributed by atoms with van der Waals surface area (Å²) in [7, 11) is 0. The lowest BCUT2D eigenvalue weighted by Crippen LogP contribution is -2.37. The van der Waals surface area contributed by atoms with E-state index < -0.39 is 0 Å². The van der Waals surface area contributed by atoms with Crippen LogP contribution in [0.5, 0.6) is 0 Å². The van der Waals surface area contributed by atoms with Gasteiger partial charge in [0.05, 0.1) is 17.6 Å². The second kappa shape index (κ2) is 5.45. The highest BCUT2D eigenvalue weighted by Crippen LogP contribution is 2.26. The van der Waals surface area contributed by atoms with E-state index in [4.69, 9.17) is 5.73 Å². The first kappa shape index (κ1) is 12.3. The number of aromatic nitrogens is 2. The smallest absolute Gasteiger partial charge is 0.145 e. The zero-order chi connectivity index (χ0) is 12.3. The van der Waals surface area contributed by atoms with Gasteiger partial charge in [-0.1, -0.05) is 12.8 Å². The molecule has 17 heavy (non-hydrogen) atoms. The van der Waals surface area contributed by atoms with E-state index in [2.05, 4.69) is 15.3 Å². The molecule has 0 aromatic carbocycles. The topological polar surface area (TPSA) is 63.8 Å². The highest BCUT2D eigenvalue weighted by molar-refractivity contribution is 5.35. The monoisotopic (exact) mass is 234 g/mol. The molecule has 2 rings (SSSR count). The second-order valence-corrected chi connectivity index (χ2v) is 4.96. The molecule has 3 N–H and O–H groups in total. The molecule has 1 aliphatic carbocycles. The van der Waals surface area contributed by atoms with Crippen LogP contribution in [0, 0.1) is 19.8 Å². The molecule has 1 aliphatic rings. The summed E-state index contributed by atoms with van der Waals surface area (Å²) in [6.07, 6.45) is 6.83. The van der Waals surface area contributed by atoms with E-state index in [-0.39, 0.29) is 0 Å². The maximum Gasteiger partial charge on any atom is 0.145 e. The van der Waals surface area contributed by atoms with Gasteiger partial charge in [0.25, 0.3) is 0 Å². The van der Waals surface area contributed by atoms with Crippen molar-refractivity contribution in [2.45, 2.75) is 45.6 Å². The number of nitrogens with zero attached hydrogens (tertiary/aromatic N) is 2. The largest absolute Gasteiger partial charge is 0.366 e. The summed E-state index contributed by atoms with van der Waals surface area (Å²) in [6.45, 7) is 4.74. The minimum atomic E-state index is 0.463. The van der Waals surface area contributed by atoms with Crippen molar-refractivity contribution in [3.05, 3.63) is 17.6 Å². The van der Waals surface area contributed by atoms with Crippen LogP contribution in [-0.4, -0.2) is 22.6 Å². The van der Waals surface area contributed by atoms with Gasteiger partial charge in [0.2, 0.25) is 0 Å². The lowest BCUT2D eigenvalue weighted by molar-refractivity contribution is 0.332. The van der Waals surface area contributed by atoms with Crippen molar-refractivity contribution >= 4 is 5.82 Å². The normalized spacial score (nSPS) is 24.6. The van der Waals surface area contributed by atoms with Crippen LogP contribution in [0.4, 0.5) is 5.82 Å². The third-order valence-electron chi connectivity index (χ3n) is 3.74. The number of nitrogens with two attached hydrogens (primary N) is 1. The molecule has 0 bridgehead atoms. The number of hydrogen-bond acceptors (Lipinski definition) is 4. The average molecular weight is 234 g/mol. The first-order valence-corrected chi connectivity index (χ1v) is 6.47. The van der Waals surface area contributed by atoms with Crippen molar-refractivity contribution in [3.8, 4) is 0 Å². The molecule has 0 aliphatic heterocycles. The summed E-state index contributed by atoms with van der Waals surface area (Å²) in [5, 5.41) is 3.50. The van der Waals surface area contributed by atoms with Crippen LogP contribution in [0.3, 0.4) is 0 Å². The average Bonchev–Trinajstić information content (AvgIpc) is 2.34. The number of aryl methyl sites for hydroxylation is 2. The zero-order valence-corrected chi connectivity index (χ0v) is 10.7. The first-order valence-electron chi connectivity index (χ1n) is 6.47. The molecule has 0 amide bonds. The van der Waals surface area contributed by atoms with Crippen LogP contribution in [0.25, 0.3) is 0 Å². The lowest BCUT2D eigenvalue weighted by atomic mass is 9.84. The Morgan fingerprint density at radius 2 is 2.06 bits per heavy atom. The molecule has 0 radical (unpaired) electrons. The van der Waals surface area contributed by atoms with E-state index in [1.807, 2.05) is 20.0 Å². The first-order chi connectivity index (χ1) is 8.20. The summed E-state index contributed by atoms with van der Waals surface area (Å²) < 4.78 is 0. The Hall–Kier alpha value is -1.16. The van der Waals surface area contributed by atoms with Crippen molar-refractivity contribution in [1.29, 1.82) is 0 Å². The molecule has 2 atom stereocenters. The van der Waals surface area contributed by atoms with E-state index in [0.29, 0.717) is 12.0 Å². The molecule has 1 saturated carbocycles. The Bertz CT molecular complexity index is 378. The van der Waals surface area contributed by atoms with Crippen LogP contribution in [0.15, 0.2) is 6.20 Å². The minimum Gasteiger partial charge on any atom is -0.366 e. The maximum atomic E-state index is 5.83. The second-order valence-electron chi connectivity index (χ2n) is 4.96. The SMILES string of the molecule is Cc1ncc(NC2CCCCC2CN)nc1C. The van der Waals surface area contributed by atoms with Crippen molar-refractivity contribution in [2.24, 2.45) is 11.7 Å². The Morgan fingerprint density at radius 1 is 1.29 bits per heavy atom. The molecule has 4 heteroatoms. The van der Waals surface area contributed by atoms with E-state index in [9.17, 15) is 0 Å². The highest BCUT2D eigenvalue weighted by atomic mass is 15.0. The molecule has 0 spiro atoms. The van der Waals surface area contributed by atoms with Gasteiger partial charge in [-0.05, 0) is 39.2 Å². The Labute approximate surface area is 103 Å². The third kappa shape index (κ3) is 2.94. The third-order valence-corrected chi connectivity index (χ3v) is 3.74. The van der Waals surface area contributed by atoms with Crippen LogP contribution in [0.2, 0.25) is 0 Å². The van der Waals surface area contributed by atoms with Crippen molar-refractivity contribution < 1.29 is 0 Å². The molecule has 1 fully saturated rings. The fourth-order valence-corrected chi connectivity index (χ4v) is 2.48. The van der Waals surface area contributed by atoms with Crippen molar-refractivity contribution in [3.63, 3.8) is 0 Å². The molecule has 0 saturated heterocycles. The number of hydrogen-bond donors (Lipinski definition) is 2. The molecule has 2 unspecified atom stereocenters. The van der Waals surface area contributed by atoms with Crippen molar-refractivity contribution in [2.75, 3.05) is 11.9 Å². The maximum absolute atomic E-state index is 5.83. The van der Waals surface area contributed by atoms with Crippen LogP contribution >= 0.6 is 0 Å². The van der Waals surface area contributed by atoms with Gasteiger partial charge in [-0.3, -0.25) is 4.98 Å². The molecule has 94 valence electrons. The van der Waals surface area contributed by atoms with Crippen LogP contribution in [-0.2, 0) is 0 Å². The van der Waals surface area contributed by atoms with Gasteiger partial charge in [-0.25, -0.2) is 4.98 Å². The van der Waals surface area contributed by atoms with Gasteiger partial charge in [0.15, 0.2) is 0 Å². The summed E-state index contributed by atoms with van der Waals surface area (Å²) >= 11 is 0.